The molecule has 0 radical (unpaired) electrons. The van der Waals surface area contributed by atoms with E-state index in [1.807, 2.05) is 0 Å². The molecule has 3 aromatic carbocycles. The van der Waals surface area contributed by atoms with Gasteiger partial charge >= 0.3 is 0 Å². The number of benzene rings is 3. The quantitative estimate of drug-likeness (QED) is 0.167. The third-order valence-corrected chi connectivity index (χ3v) is 12.2. The van der Waals surface area contributed by atoms with Crippen molar-refractivity contribution in [3.05, 3.63) is 153 Å². The predicted octanol–water partition coefficient (Wildman–Crippen LogP) is 12.8. The maximum absolute atomic E-state index is 3.87. The Hall–Kier alpha value is -1.85. The first kappa shape index (κ1) is 36.4. The van der Waals surface area contributed by atoms with Crippen molar-refractivity contribution in [2.24, 2.45) is 5.41 Å². The molecule has 0 spiro atoms. The minimum atomic E-state index is 0.110. The Morgan fingerprint density at radius 3 is 1.64 bits per heavy atom. The van der Waals surface area contributed by atoms with Crippen molar-refractivity contribution >= 4 is 86.9 Å². The van der Waals surface area contributed by atoms with Gasteiger partial charge < -0.3 is 0 Å². The molecule has 0 N–H and O–H groups in total. The zero-order valence-corrected chi connectivity index (χ0v) is 35.9. The molecular formula is C42H40Br4S. The van der Waals surface area contributed by atoms with E-state index in [0.29, 0.717) is 0 Å². The topological polar surface area (TPSA) is 0 Å². The van der Waals surface area contributed by atoms with Gasteiger partial charge in [-0.1, -0.05) is 69.7 Å². The number of allylic oxidation sites excluding steroid dienone is 5. The Morgan fingerprint density at radius 2 is 1.19 bits per heavy atom. The number of hydrogen-bond donors (Lipinski definition) is 0. The number of thiophene rings is 1. The third kappa shape index (κ3) is 7.98. The first-order chi connectivity index (χ1) is 21.8. The molecule has 0 bridgehead atoms. The molecule has 0 aliphatic heterocycles. The smallest absolute Gasteiger partial charge is 0.135 e. The van der Waals surface area contributed by atoms with E-state index in [1.54, 1.807) is 11.3 Å². The minimum Gasteiger partial charge on any atom is -0.135 e. The normalized spacial score (nSPS) is 13.8. The SMILES string of the molecule is CC1=CC(C(C)(C)C)=C[C+](C)C1=C=c1c(Br)cc(=c2ccc(=c3cc(Br)c(=[C-]c4c(C)cc(C(C)(C)C)cc4C)c(Br)c3)s2)cc1Br. The second-order valence-electron chi connectivity index (χ2n) is 14.5. The molecule has 5 heteroatoms. The van der Waals surface area contributed by atoms with E-state index in [-0.39, 0.29) is 10.8 Å². The van der Waals surface area contributed by atoms with Gasteiger partial charge in [-0.05, 0) is 116 Å². The average Bonchev–Trinajstić information content (AvgIpc) is 3.44. The van der Waals surface area contributed by atoms with Crippen molar-refractivity contribution < 1.29 is 0 Å². The van der Waals surface area contributed by atoms with Crippen LogP contribution in [0.2, 0.25) is 0 Å². The first-order valence-corrected chi connectivity index (χ1v) is 19.7. The summed E-state index contributed by atoms with van der Waals surface area (Å²) < 4.78 is 6.45. The van der Waals surface area contributed by atoms with E-state index >= 15 is 0 Å². The molecule has 1 heterocycles. The first-order valence-electron chi connectivity index (χ1n) is 15.7. The van der Waals surface area contributed by atoms with E-state index in [2.05, 4.69) is 205 Å². The molecule has 0 saturated heterocycles. The lowest BCUT2D eigenvalue weighted by Gasteiger charge is -2.24. The van der Waals surface area contributed by atoms with Crippen LogP contribution in [-0.2, 0) is 5.41 Å². The van der Waals surface area contributed by atoms with Crippen LogP contribution in [0.1, 0.15) is 77.6 Å². The molecule has 47 heavy (non-hydrogen) atoms. The van der Waals surface area contributed by atoms with Crippen molar-refractivity contribution in [2.75, 3.05) is 0 Å². The lowest BCUT2D eigenvalue weighted by Crippen LogP contribution is -2.14. The molecule has 1 aliphatic carbocycles. The summed E-state index contributed by atoms with van der Waals surface area (Å²) in [5.41, 5.74) is 12.6. The summed E-state index contributed by atoms with van der Waals surface area (Å²) >= 11 is 17.3. The fourth-order valence-corrected chi connectivity index (χ4v) is 9.51. The highest BCUT2D eigenvalue weighted by molar-refractivity contribution is 9.11. The van der Waals surface area contributed by atoms with Gasteiger partial charge in [0.15, 0.2) is 5.57 Å². The maximum atomic E-state index is 3.87. The number of aryl methyl sites for hydroxylation is 2. The predicted molar refractivity (Wildman–Crippen MR) is 217 cm³/mol. The van der Waals surface area contributed by atoms with Gasteiger partial charge in [0, 0.05) is 46.9 Å². The second-order valence-corrected chi connectivity index (χ2v) is 19.0. The Kier molecular flexibility index (Phi) is 10.7. The lowest BCUT2D eigenvalue weighted by atomic mass is 9.77. The van der Waals surface area contributed by atoms with Gasteiger partial charge in [-0.3, -0.25) is 0 Å². The molecule has 0 amide bonds. The Balaban J connectivity index is 1.63. The molecule has 0 fully saturated rings. The third-order valence-electron chi connectivity index (χ3n) is 8.56. The Morgan fingerprint density at radius 1 is 0.702 bits per heavy atom. The average molecular weight is 896 g/mol. The Labute approximate surface area is 317 Å². The summed E-state index contributed by atoms with van der Waals surface area (Å²) in [6, 6.07) is 17.8. The van der Waals surface area contributed by atoms with Crippen molar-refractivity contribution in [3.63, 3.8) is 0 Å². The molecule has 5 rings (SSSR count). The zero-order chi connectivity index (χ0) is 34.6. The molecule has 0 nitrogen and oxygen atoms in total. The monoisotopic (exact) mass is 892 g/mol. The van der Waals surface area contributed by atoms with E-state index < -0.39 is 0 Å². The van der Waals surface area contributed by atoms with Gasteiger partial charge in [0.05, 0.1) is 16.7 Å². The van der Waals surface area contributed by atoms with Crippen LogP contribution >= 0.6 is 75.1 Å². The summed E-state index contributed by atoms with van der Waals surface area (Å²) in [6.07, 6.45) is 8.30. The largest absolute Gasteiger partial charge is 0.153 e. The fraction of sp³-hybridized carbons (Fsp3) is 0.286. The molecule has 0 atom stereocenters. The van der Waals surface area contributed by atoms with Crippen LogP contribution in [0.3, 0.4) is 0 Å². The van der Waals surface area contributed by atoms with E-state index in [1.165, 1.54) is 42.8 Å². The highest BCUT2D eigenvalue weighted by Crippen LogP contribution is 2.37. The number of hydrogen-bond acceptors (Lipinski definition) is 1. The standard InChI is InChI=1S/C42H40Br4S/c1-23-13-29(41(5,6)7)14-24(2)31(23)21-33-35(43)17-27(18-36(33)44)39-11-12-40(47-39)28-19-37(45)34(38(46)20-28)22-32-25(3)15-30(16-26(32)4)42(8,9)10/h11-20H,1-10H3. The van der Waals surface area contributed by atoms with Crippen LogP contribution in [-0.4, -0.2) is 0 Å². The minimum absolute atomic E-state index is 0.110. The highest BCUT2D eigenvalue weighted by Gasteiger charge is 2.29. The molecule has 242 valence electrons. The second kappa shape index (κ2) is 13.8. The van der Waals surface area contributed by atoms with Crippen molar-refractivity contribution in [1.82, 2.24) is 0 Å². The maximum Gasteiger partial charge on any atom is 0.153 e. The van der Waals surface area contributed by atoms with Gasteiger partial charge in [0.25, 0.3) is 0 Å². The van der Waals surface area contributed by atoms with Crippen molar-refractivity contribution in [1.29, 1.82) is 0 Å². The fourth-order valence-electron chi connectivity index (χ4n) is 5.76. The van der Waals surface area contributed by atoms with Crippen molar-refractivity contribution in [3.8, 4) is 0 Å². The lowest BCUT2D eigenvalue weighted by molar-refractivity contribution is 0.514. The molecule has 4 aromatic rings. The van der Waals surface area contributed by atoms with Gasteiger partial charge in [-0.2, -0.15) is 0 Å². The zero-order valence-electron chi connectivity index (χ0n) is 28.7. The van der Waals surface area contributed by atoms with Gasteiger partial charge in [0.2, 0.25) is 0 Å². The van der Waals surface area contributed by atoms with Crippen LogP contribution in [0.4, 0.5) is 0 Å². The van der Waals surface area contributed by atoms with Gasteiger partial charge in [-0.25, -0.2) is 0 Å². The summed E-state index contributed by atoms with van der Waals surface area (Å²) in [4.78, 5) is 0. The summed E-state index contributed by atoms with van der Waals surface area (Å²) in [5.74, 6) is 1.24. The van der Waals surface area contributed by atoms with Gasteiger partial charge in [-0.15, -0.1) is 66.0 Å². The molecular weight excluding hydrogens is 856 g/mol. The van der Waals surface area contributed by atoms with Crippen LogP contribution in [0.15, 0.2) is 95.3 Å². The number of halogens is 4. The van der Waals surface area contributed by atoms with Crippen LogP contribution in [0, 0.1) is 44.7 Å². The molecule has 0 saturated carbocycles. The highest BCUT2D eigenvalue weighted by atomic mass is 79.9. The summed E-state index contributed by atoms with van der Waals surface area (Å²) in [6.45, 7) is 22.3. The van der Waals surface area contributed by atoms with Crippen LogP contribution in [0.5, 0.6) is 0 Å². The molecule has 1 aliphatic rings. The van der Waals surface area contributed by atoms with Crippen molar-refractivity contribution in [2.45, 2.75) is 74.7 Å². The molecule has 0 unspecified atom stereocenters. The number of rotatable bonds is 1. The van der Waals surface area contributed by atoms with Gasteiger partial charge in [0.1, 0.15) is 0 Å². The van der Waals surface area contributed by atoms with E-state index in [4.69, 9.17) is 0 Å². The summed E-state index contributed by atoms with van der Waals surface area (Å²) in [5, 5.41) is 4.36. The molecule has 1 aromatic heterocycles. The van der Waals surface area contributed by atoms with Crippen LogP contribution in [0.25, 0.3) is 11.8 Å². The Bertz CT molecular complexity index is 2250. The van der Waals surface area contributed by atoms with Crippen LogP contribution < -0.4 is 10.4 Å². The van der Waals surface area contributed by atoms with E-state index in [0.717, 1.165) is 49.9 Å². The summed E-state index contributed by atoms with van der Waals surface area (Å²) in [7, 11) is 0. The van der Waals surface area contributed by atoms with E-state index in [9.17, 15) is 0 Å².